The molecule has 0 aromatic rings. The second kappa shape index (κ2) is 18.0. The van der Waals surface area contributed by atoms with Gasteiger partial charge in [0.25, 0.3) is 0 Å². The van der Waals surface area contributed by atoms with Gasteiger partial charge in [0.1, 0.15) is 0 Å². The van der Waals surface area contributed by atoms with Gasteiger partial charge >= 0.3 is 0 Å². The van der Waals surface area contributed by atoms with E-state index in [4.69, 9.17) is 0 Å². The second-order valence-corrected chi connectivity index (χ2v) is 25.0. The Bertz CT molecular complexity index is 1220. The van der Waals surface area contributed by atoms with Crippen LogP contribution in [-0.2, 0) is 0 Å². The van der Waals surface area contributed by atoms with Crippen LogP contribution in [0.15, 0.2) is 0 Å². The zero-order valence-electron chi connectivity index (χ0n) is 37.6. The molecule has 11 saturated carbocycles. The molecule has 57 heavy (non-hydrogen) atoms. The predicted octanol–water partition coefficient (Wildman–Crippen LogP) is 15.8. The van der Waals surface area contributed by atoms with Crippen molar-refractivity contribution in [3.05, 3.63) is 0 Å². The van der Waals surface area contributed by atoms with Crippen LogP contribution < -0.4 is 0 Å². The molecular weight excluding hydrogens is 687 g/mol. The van der Waals surface area contributed by atoms with Crippen LogP contribution in [0.1, 0.15) is 238 Å². The summed E-state index contributed by atoms with van der Waals surface area (Å²) in [4.78, 5) is 3.60. The summed E-state index contributed by atoms with van der Waals surface area (Å²) in [5.41, 5.74) is 0. The van der Waals surface area contributed by atoms with Gasteiger partial charge in [0.2, 0.25) is 0 Å². The maximum Gasteiger partial charge on any atom is 0.0132 e. The molecule has 0 aromatic carbocycles. The van der Waals surface area contributed by atoms with Crippen molar-refractivity contribution in [3.8, 4) is 0 Å². The Morgan fingerprint density at radius 1 is 0.211 bits per heavy atom. The van der Waals surface area contributed by atoms with Crippen LogP contribution in [0.5, 0.6) is 0 Å². The molecule has 322 valence electrons. The molecule has 0 aliphatic heterocycles. The molecule has 0 spiro atoms. The molecule has 11 fully saturated rings. The van der Waals surface area contributed by atoms with Crippen LogP contribution in [0.2, 0.25) is 0 Å². The SMILES string of the molecule is C1CCC(C2CCC(N(C3CC(C4CCCCC4)CC(C4CCCCC4)C3)C3CCCC4C3CC3CC5CCCCC5C(C5CC6CCCCC6C5)C34)CC2)CC1. The summed E-state index contributed by atoms with van der Waals surface area (Å²) in [6, 6.07) is 2.80. The molecule has 12 unspecified atom stereocenters. The summed E-state index contributed by atoms with van der Waals surface area (Å²) in [5.74, 6) is 17.6. The predicted molar refractivity (Wildman–Crippen MR) is 240 cm³/mol. The fourth-order valence-corrected chi connectivity index (χ4v) is 20.5. The van der Waals surface area contributed by atoms with Gasteiger partial charge in [-0.1, -0.05) is 148 Å². The van der Waals surface area contributed by atoms with E-state index in [2.05, 4.69) is 4.90 Å². The lowest BCUT2D eigenvalue weighted by molar-refractivity contribution is -0.0630. The van der Waals surface area contributed by atoms with E-state index in [0.29, 0.717) is 0 Å². The molecule has 11 rings (SSSR count). The number of hydrogen-bond donors (Lipinski definition) is 0. The van der Waals surface area contributed by atoms with Gasteiger partial charge in [-0.15, -0.1) is 0 Å². The van der Waals surface area contributed by atoms with Gasteiger partial charge < -0.3 is 0 Å². The van der Waals surface area contributed by atoms with Gasteiger partial charge in [0.05, 0.1) is 0 Å². The van der Waals surface area contributed by atoms with Crippen molar-refractivity contribution in [2.45, 2.75) is 256 Å². The lowest BCUT2D eigenvalue weighted by Crippen LogP contribution is -2.57. The zero-order valence-corrected chi connectivity index (χ0v) is 37.6. The van der Waals surface area contributed by atoms with Crippen molar-refractivity contribution in [2.75, 3.05) is 0 Å². The highest BCUT2D eigenvalue weighted by Crippen LogP contribution is 2.66. The van der Waals surface area contributed by atoms with Crippen molar-refractivity contribution in [1.29, 1.82) is 0 Å². The van der Waals surface area contributed by atoms with Gasteiger partial charge in [-0.3, -0.25) is 4.90 Å². The molecule has 0 N–H and O–H groups in total. The fourth-order valence-electron chi connectivity index (χ4n) is 20.5. The summed E-state index contributed by atoms with van der Waals surface area (Å²) < 4.78 is 0. The van der Waals surface area contributed by atoms with Crippen LogP contribution in [0.25, 0.3) is 0 Å². The van der Waals surface area contributed by atoms with Crippen LogP contribution in [0.4, 0.5) is 0 Å². The Morgan fingerprint density at radius 2 is 0.632 bits per heavy atom. The Balaban J connectivity index is 0.904. The lowest BCUT2D eigenvalue weighted by Gasteiger charge is -2.55. The molecule has 0 saturated heterocycles. The molecule has 11 aliphatic carbocycles. The van der Waals surface area contributed by atoms with Gasteiger partial charge in [0, 0.05) is 18.1 Å². The topological polar surface area (TPSA) is 3.24 Å². The molecule has 0 bridgehead atoms. The summed E-state index contributed by atoms with van der Waals surface area (Å²) in [6.45, 7) is 0. The van der Waals surface area contributed by atoms with Crippen molar-refractivity contribution >= 4 is 0 Å². The molecule has 1 heteroatoms. The minimum absolute atomic E-state index is 0.926. The molecule has 0 amide bonds. The lowest BCUT2D eigenvalue weighted by atomic mass is 9.53. The molecule has 0 heterocycles. The number of hydrogen-bond acceptors (Lipinski definition) is 1. The fraction of sp³-hybridized carbons (Fsp3) is 1.00. The summed E-state index contributed by atoms with van der Waals surface area (Å²) in [5, 5.41) is 0. The monoisotopic (exact) mass is 780 g/mol. The third-order valence-electron chi connectivity index (χ3n) is 22.7. The smallest absolute Gasteiger partial charge is 0.0132 e. The van der Waals surface area contributed by atoms with E-state index in [1.54, 1.807) is 218 Å². The molecule has 12 atom stereocenters. The van der Waals surface area contributed by atoms with E-state index in [-0.39, 0.29) is 0 Å². The normalized spacial score (nSPS) is 49.2. The first-order valence-corrected chi connectivity index (χ1v) is 28.0. The minimum atomic E-state index is 0.926. The first-order chi connectivity index (χ1) is 28.2. The average molecular weight is 780 g/mol. The number of rotatable bonds is 7. The van der Waals surface area contributed by atoms with Gasteiger partial charge in [-0.05, 0) is 185 Å². The quantitative estimate of drug-likeness (QED) is 0.249. The van der Waals surface area contributed by atoms with E-state index in [1.807, 2.05) is 0 Å². The van der Waals surface area contributed by atoms with E-state index in [1.165, 1.54) is 19.3 Å². The molecule has 0 aromatic heterocycles. The molecule has 1 nitrogen and oxygen atoms in total. The maximum atomic E-state index is 3.60. The summed E-state index contributed by atoms with van der Waals surface area (Å²) in [6.07, 6.45) is 58.9. The van der Waals surface area contributed by atoms with Crippen LogP contribution in [0, 0.1) is 94.7 Å². The second-order valence-electron chi connectivity index (χ2n) is 25.0. The van der Waals surface area contributed by atoms with E-state index >= 15 is 0 Å². The highest BCUT2D eigenvalue weighted by molar-refractivity contribution is 5.10. The highest BCUT2D eigenvalue weighted by atomic mass is 15.2. The largest absolute Gasteiger partial charge is 0.294 e. The third-order valence-corrected chi connectivity index (χ3v) is 22.7. The van der Waals surface area contributed by atoms with E-state index in [0.717, 1.165) is 113 Å². The van der Waals surface area contributed by atoms with E-state index in [9.17, 15) is 0 Å². The maximum absolute atomic E-state index is 3.60. The Labute approximate surface area is 354 Å². The average Bonchev–Trinajstić information content (AvgIpc) is 3.89. The standard InChI is InChI=1S/C56H93N/c1-4-15-38(16-5-1)41-27-29-49(30-28-41)57(50-35-45(39-17-6-2-7-18-39)34-46(36-50)40-19-8-3-9-20-40)54-26-14-25-52-53(54)37-48-33-44-23-12-13-24-51(44)55(56(48)52)47-31-42-21-10-11-22-43(42)32-47/h38-56H,1-37H2. The molecule has 11 aliphatic rings. The Kier molecular flexibility index (Phi) is 12.5. The highest BCUT2D eigenvalue weighted by Gasteiger charge is 2.60. The van der Waals surface area contributed by atoms with Gasteiger partial charge in [-0.2, -0.15) is 0 Å². The molecular formula is C56H93N. The van der Waals surface area contributed by atoms with Gasteiger partial charge in [-0.25, -0.2) is 0 Å². The minimum Gasteiger partial charge on any atom is -0.294 e. The first-order valence-electron chi connectivity index (χ1n) is 28.0. The van der Waals surface area contributed by atoms with Crippen molar-refractivity contribution in [2.24, 2.45) is 94.7 Å². The van der Waals surface area contributed by atoms with Crippen molar-refractivity contribution < 1.29 is 0 Å². The number of fused-ring (bicyclic) bond motifs is 5. The zero-order chi connectivity index (χ0) is 37.7. The first kappa shape index (κ1) is 39.8. The summed E-state index contributed by atoms with van der Waals surface area (Å²) >= 11 is 0. The molecule has 0 radical (unpaired) electrons. The van der Waals surface area contributed by atoms with Crippen LogP contribution >= 0.6 is 0 Å². The van der Waals surface area contributed by atoms with Gasteiger partial charge in [0.15, 0.2) is 0 Å². The van der Waals surface area contributed by atoms with Crippen molar-refractivity contribution in [1.82, 2.24) is 4.90 Å². The summed E-state index contributed by atoms with van der Waals surface area (Å²) in [7, 11) is 0. The third kappa shape index (κ3) is 8.09. The van der Waals surface area contributed by atoms with Crippen LogP contribution in [0.3, 0.4) is 0 Å². The Hall–Kier alpha value is -0.0400. The number of nitrogens with zero attached hydrogens (tertiary/aromatic N) is 1. The Morgan fingerprint density at radius 3 is 1.25 bits per heavy atom. The van der Waals surface area contributed by atoms with E-state index < -0.39 is 0 Å². The van der Waals surface area contributed by atoms with Crippen molar-refractivity contribution in [3.63, 3.8) is 0 Å². The van der Waals surface area contributed by atoms with Crippen LogP contribution in [-0.4, -0.2) is 23.0 Å².